The minimum atomic E-state index is 0. The molecule has 2 heteroatoms. The van der Waals surface area contributed by atoms with E-state index in [9.17, 15) is 0 Å². The number of halogens is 1. The maximum Gasteiger partial charge on any atom is 0.0266 e. The monoisotopic (exact) mass is 233 g/mol. The summed E-state index contributed by atoms with van der Waals surface area (Å²) in [6.07, 6.45) is 0. The van der Waals surface area contributed by atoms with Crippen LogP contribution in [0.4, 0.5) is 0 Å². The Labute approximate surface area is 103 Å². The highest BCUT2D eigenvalue weighted by atomic mass is 35.5. The van der Waals surface area contributed by atoms with E-state index >= 15 is 0 Å². The maximum atomic E-state index is 5.86. The van der Waals surface area contributed by atoms with Crippen molar-refractivity contribution in [2.75, 3.05) is 0 Å². The lowest BCUT2D eigenvalue weighted by molar-refractivity contribution is 0.819. The summed E-state index contributed by atoms with van der Waals surface area (Å²) in [7, 11) is 0. The summed E-state index contributed by atoms with van der Waals surface area (Å²) in [6.45, 7) is 2.00. The van der Waals surface area contributed by atoms with Gasteiger partial charge in [0, 0.05) is 6.04 Å². The van der Waals surface area contributed by atoms with Crippen LogP contribution in [0.15, 0.2) is 54.6 Å². The molecule has 16 heavy (non-hydrogen) atoms. The smallest absolute Gasteiger partial charge is 0.0266 e. The van der Waals surface area contributed by atoms with E-state index in [-0.39, 0.29) is 18.4 Å². The fraction of sp³-hybridized carbons (Fsp3) is 0.143. The molecule has 2 N–H and O–H groups in total. The fourth-order valence-corrected chi connectivity index (χ4v) is 1.63. The molecule has 0 saturated carbocycles. The van der Waals surface area contributed by atoms with Gasteiger partial charge in [0.05, 0.1) is 0 Å². The predicted octanol–water partition coefficient (Wildman–Crippen LogP) is 3.80. The Bertz CT molecular complexity index is 437. The van der Waals surface area contributed by atoms with Crippen molar-refractivity contribution in [1.82, 2.24) is 0 Å². The SMILES string of the molecule is C[C@@H](N)c1cccc(-c2ccccc2)c1.Cl. The molecule has 0 spiro atoms. The van der Waals surface area contributed by atoms with Crippen molar-refractivity contribution in [2.24, 2.45) is 5.73 Å². The van der Waals surface area contributed by atoms with Gasteiger partial charge in [0.1, 0.15) is 0 Å². The molecule has 0 unspecified atom stereocenters. The van der Waals surface area contributed by atoms with E-state index < -0.39 is 0 Å². The summed E-state index contributed by atoms with van der Waals surface area (Å²) in [4.78, 5) is 0. The maximum absolute atomic E-state index is 5.86. The summed E-state index contributed by atoms with van der Waals surface area (Å²) in [5.74, 6) is 0. The first-order valence-corrected chi connectivity index (χ1v) is 5.18. The number of hydrogen-bond acceptors (Lipinski definition) is 1. The second-order valence-corrected chi connectivity index (χ2v) is 3.78. The first-order valence-electron chi connectivity index (χ1n) is 5.18. The van der Waals surface area contributed by atoms with Gasteiger partial charge in [0.25, 0.3) is 0 Å². The molecule has 84 valence electrons. The third kappa shape index (κ3) is 2.84. The average molecular weight is 234 g/mol. The molecule has 2 aromatic carbocycles. The highest BCUT2D eigenvalue weighted by molar-refractivity contribution is 5.85. The molecule has 0 aliphatic carbocycles. The molecular formula is C14H16ClN. The van der Waals surface area contributed by atoms with Crippen LogP contribution in [0, 0.1) is 0 Å². The third-order valence-corrected chi connectivity index (χ3v) is 2.52. The topological polar surface area (TPSA) is 26.0 Å². The molecule has 0 radical (unpaired) electrons. The Kier molecular flexibility index (Phi) is 4.53. The van der Waals surface area contributed by atoms with Crippen LogP contribution in [0.2, 0.25) is 0 Å². The van der Waals surface area contributed by atoms with Crippen molar-refractivity contribution >= 4 is 12.4 Å². The van der Waals surface area contributed by atoms with E-state index in [1.807, 2.05) is 25.1 Å². The van der Waals surface area contributed by atoms with Gasteiger partial charge in [-0.2, -0.15) is 0 Å². The summed E-state index contributed by atoms with van der Waals surface area (Å²) in [5, 5.41) is 0. The standard InChI is InChI=1S/C14H15N.ClH/c1-11(15)13-8-5-9-14(10-13)12-6-3-2-4-7-12;/h2-11H,15H2,1H3;1H/t11-;/m1./s1. The van der Waals surface area contributed by atoms with Gasteiger partial charge >= 0.3 is 0 Å². The van der Waals surface area contributed by atoms with Crippen molar-refractivity contribution in [3.63, 3.8) is 0 Å². The molecule has 1 atom stereocenters. The van der Waals surface area contributed by atoms with Crippen molar-refractivity contribution in [3.05, 3.63) is 60.2 Å². The van der Waals surface area contributed by atoms with Gasteiger partial charge in [-0.25, -0.2) is 0 Å². The molecule has 0 aliphatic rings. The normalized spacial score (nSPS) is 11.6. The van der Waals surface area contributed by atoms with Crippen LogP contribution in [0.5, 0.6) is 0 Å². The molecule has 0 bridgehead atoms. The van der Waals surface area contributed by atoms with Gasteiger partial charge in [-0.15, -0.1) is 12.4 Å². The summed E-state index contributed by atoms with van der Waals surface area (Å²) in [6, 6.07) is 18.8. The van der Waals surface area contributed by atoms with Gasteiger partial charge in [0.2, 0.25) is 0 Å². The van der Waals surface area contributed by atoms with Crippen molar-refractivity contribution in [1.29, 1.82) is 0 Å². The van der Waals surface area contributed by atoms with Crippen LogP contribution in [-0.2, 0) is 0 Å². The van der Waals surface area contributed by atoms with Gasteiger partial charge in [-0.1, -0.05) is 48.5 Å². The highest BCUT2D eigenvalue weighted by Crippen LogP contribution is 2.21. The lowest BCUT2D eigenvalue weighted by atomic mass is 10.0. The first kappa shape index (κ1) is 12.8. The Morgan fingerprint density at radius 3 is 2.12 bits per heavy atom. The Morgan fingerprint density at radius 2 is 1.50 bits per heavy atom. The van der Waals surface area contributed by atoms with Crippen LogP contribution in [-0.4, -0.2) is 0 Å². The Morgan fingerprint density at radius 1 is 0.875 bits per heavy atom. The van der Waals surface area contributed by atoms with Gasteiger partial charge < -0.3 is 5.73 Å². The number of benzene rings is 2. The van der Waals surface area contributed by atoms with Gasteiger partial charge in [-0.3, -0.25) is 0 Å². The molecule has 0 aromatic heterocycles. The van der Waals surface area contributed by atoms with E-state index in [0.29, 0.717) is 0 Å². The quantitative estimate of drug-likeness (QED) is 0.839. The third-order valence-electron chi connectivity index (χ3n) is 2.52. The lowest BCUT2D eigenvalue weighted by Gasteiger charge is -2.08. The molecule has 0 heterocycles. The molecule has 0 saturated heterocycles. The van der Waals surface area contributed by atoms with Crippen LogP contribution >= 0.6 is 12.4 Å². The van der Waals surface area contributed by atoms with E-state index in [4.69, 9.17) is 5.73 Å². The summed E-state index contributed by atoms with van der Waals surface area (Å²) < 4.78 is 0. The van der Waals surface area contributed by atoms with E-state index in [1.54, 1.807) is 0 Å². The van der Waals surface area contributed by atoms with E-state index in [2.05, 4.69) is 36.4 Å². The number of nitrogens with two attached hydrogens (primary N) is 1. The largest absolute Gasteiger partial charge is 0.324 e. The average Bonchev–Trinajstić information content (AvgIpc) is 2.30. The second kappa shape index (κ2) is 5.69. The van der Waals surface area contributed by atoms with Crippen molar-refractivity contribution < 1.29 is 0 Å². The van der Waals surface area contributed by atoms with E-state index in [1.165, 1.54) is 16.7 Å². The Balaban J connectivity index is 0.00000128. The second-order valence-electron chi connectivity index (χ2n) is 3.78. The highest BCUT2D eigenvalue weighted by Gasteiger charge is 2.01. The zero-order valence-electron chi connectivity index (χ0n) is 9.26. The molecule has 1 nitrogen and oxygen atoms in total. The molecule has 2 aromatic rings. The number of rotatable bonds is 2. The van der Waals surface area contributed by atoms with Crippen LogP contribution in [0.25, 0.3) is 11.1 Å². The van der Waals surface area contributed by atoms with Gasteiger partial charge in [-0.05, 0) is 29.7 Å². The minimum Gasteiger partial charge on any atom is -0.324 e. The van der Waals surface area contributed by atoms with E-state index in [0.717, 1.165) is 0 Å². The molecule has 0 fully saturated rings. The van der Waals surface area contributed by atoms with Crippen LogP contribution in [0.1, 0.15) is 18.5 Å². The van der Waals surface area contributed by atoms with Crippen molar-refractivity contribution in [2.45, 2.75) is 13.0 Å². The number of hydrogen-bond donors (Lipinski definition) is 1. The first-order chi connectivity index (χ1) is 7.27. The molecule has 0 aliphatic heterocycles. The molecule has 2 rings (SSSR count). The fourth-order valence-electron chi connectivity index (χ4n) is 1.63. The zero-order chi connectivity index (χ0) is 10.7. The van der Waals surface area contributed by atoms with Crippen molar-refractivity contribution in [3.8, 4) is 11.1 Å². The van der Waals surface area contributed by atoms with Crippen LogP contribution in [0.3, 0.4) is 0 Å². The summed E-state index contributed by atoms with van der Waals surface area (Å²) >= 11 is 0. The van der Waals surface area contributed by atoms with Gasteiger partial charge in [0.15, 0.2) is 0 Å². The lowest BCUT2D eigenvalue weighted by Crippen LogP contribution is -2.04. The van der Waals surface area contributed by atoms with Crippen LogP contribution < -0.4 is 5.73 Å². The Hall–Kier alpha value is -1.31. The predicted molar refractivity (Wildman–Crippen MR) is 71.7 cm³/mol. The molecule has 0 amide bonds. The molecular weight excluding hydrogens is 218 g/mol. The minimum absolute atomic E-state index is 0. The zero-order valence-corrected chi connectivity index (χ0v) is 10.1. The summed E-state index contributed by atoms with van der Waals surface area (Å²) in [5.41, 5.74) is 9.50.